The first kappa shape index (κ1) is 7.57. The summed E-state index contributed by atoms with van der Waals surface area (Å²) in [5.74, 6) is 2.95. The molecule has 64 valence electrons. The summed E-state index contributed by atoms with van der Waals surface area (Å²) in [6.45, 7) is 2.14. The van der Waals surface area contributed by atoms with Crippen molar-refractivity contribution in [3.63, 3.8) is 0 Å². The maximum atomic E-state index is 12.4. The van der Waals surface area contributed by atoms with Crippen LogP contribution in [0.3, 0.4) is 0 Å². The largest absolute Gasteiger partial charge is 0.251 e. The van der Waals surface area contributed by atoms with Gasteiger partial charge in [0.05, 0.1) is 6.67 Å². The zero-order valence-electron chi connectivity index (χ0n) is 7.22. The van der Waals surface area contributed by atoms with E-state index in [0.717, 1.165) is 11.8 Å². The third-order valence-corrected chi connectivity index (χ3v) is 3.57. The molecule has 0 N–H and O–H groups in total. The normalized spacial score (nSPS) is 44.7. The molecule has 3 unspecified atom stereocenters. The Morgan fingerprint density at radius 1 is 1.18 bits per heavy atom. The van der Waals surface area contributed by atoms with E-state index in [0.29, 0.717) is 11.8 Å². The van der Waals surface area contributed by atoms with Gasteiger partial charge in [-0.15, -0.1) is 0 Å². The Balaban J connectivity index is 1.89. The van der Waals surface area contributed by atoms with Crippen LogP contribution in [0.5, 0.6) is 0 Å². The molecule has 0 amide bonds. The van der Waals surface area contributed by atoms with E-state index in [1.54, 1.807) is 0 Å². The molecule has 0 bridgehead atoms. The van der Waals surface area contributed by atoms with Gasteiger partial charge in [0.15, 0.2) is 0 Å². The van der Waals surface area contributed by atoms with Gasteiger partial charge in [-0.3, -0.25) is 4.39 Å². The predicted octanol–water partition coefficient (Wildman–Crippen LogP) is 3.03. The Morgan fingerprint density at radius 3 is 2.36 bits per heavy atom. The van der Waals surface area contributed by atoms with Crippen LogP contribution < -0.4 is 0 Å². The van der Waals surface area contributed by atoms with Crippen LogP contribution in [0.15, 0.2) is 0 Å². The Bertz CT molecular complexity index is 140. The lowest BCUT2D eigenvalue weighted by Gasteiger charge is -2.08. The lowest BCUT2D eigenvalue weighted by molar-refractivity contribution is 0.307. The molecule has 3 atom stereocenters. The highest BCUT2D eigenvalue weighted by Crippen LogP contribution is 2.48. The van der Waals surface area contributed by atoms with Crippen LogP contribution in [0.1, 0.15) is 32.6 Å². The molecule has 0 aliphatic heterocycles. The molecule has 2 aliphatic rings. The van der Waals surface area contributed by atoms with Crippen molar-refractivity contribution in [2.75, 3.05) is 6.67 Å². The van der Waals surface area contributed by atoms with E-state index < -0.39 is 0 Å². The van der Waals surface area contributed by atoms with Crippen LogP contribution >= 0.6 is 0 Å². The molecule has 0 aromatic heterocycles. The van der Waals surface area contributed by atoms with Crippen molar-refractivity contribution in [3.05, 3.63) is 0 Å². The smallest absolute Gasteiger partial charge is 0.0925 e. The molecular formula is C10H17F. The van der Waals surface area contributed by atoms with Gasteiger partial charge in [0.1, 0.15) is 0 Å². The summed E-state index contributed by atoms with van der Waals surface area (Å²) in [6.07, 6.45) is 5.34. The minimum Gasteiger partial charge on any atom is -0.251 e. The lowest BCUT2D eigenvalue weighted by atomic mass is 10.0. The van der Waals surface area contributed by atoms with Gasteiger partial charge in [-0.2, -0.15) is 0 Å². The maximum Gasteiger partial charge on any atom is 0.0925 e. The fourth-order valence-corrected chi connectivity index (χ4v) is 2.55. The molecule has 0 nitrogen and oxygen atoms in total. The molecule has 0 spiro atoms. The number of halogens is 1. The minimum absolute atomic E-state index is 0.0790. The second-order valence-electron chi connectivity index (χ2n) is 4.46. The second-order valence-corrected chi connectivity index (χ2v) is 4.46. The van der Waals surface area contributed by atoms with Gasteiger partial charge in [-0.25, -0.2) is 0 Å². The first-order valence-electron chi connectivity index (χ1n) is 4.87. The van der Waals surface area contributed by atoms with E-state index in [1.165, 1.54) is 25.7 Å². The fourth-order valence-electron chi connectivity index (χ4n) is 2.55. The van der Waals surface area contributed by atoms with Crippen LogP contribution in [-0.2, 0) is 0 Å². The maximum absolute atomic E-state index is 12.4. The number of rotatable bonds is 2. The highest BCUT2D eigenvalue weighted by molar-refractivity contribution is 4.89. The van der Waals surface area contributed by atoms with Crippen LogP contribution in [0.4, 0.5) is 4.39 Å². The Morgan fingerprint density at radius 2 is 1.91 bits per heavy atom. The third kappa shape index (κ3) is 1.43. The van der Waals surface area contributed by atoms with Crippen molar-refractivity contribution < 1.29 is 4.39 Å². The Labute approximate surface area is 68.2 Å². The van der Waals surface area contributed by atoms with Gasteiger partial charge in [-0.05, 0) is 49.4 Å². The van der Waals surface area contributed by atoms with E-state index in [2.05, 4.69) is 6.92 Å². The first-order valence-corrected chi connectivity index (χ1v) is 4.87. The average molecular weight is 156 g/mol. The molecule has 2 saturated carbocycles. The van der Waals surface area contributed by atoms with Gasteiger partial charge >= 0.3 is 0 Å². The molecule has 2 rings (SSSR count). The van der Waals surface area contributed by atoms with Crippen molar-refractivity contribution in [1.82, 2.24) is 0 Å². The highest BCUT2D eigenvalue weighted by atomic mass is 19.1. The van der Waals surface area contributed by atoms with Gasteiger partial charge in [0.2, 0.25) is 0 Å². The van der Waals surface area contributed by atoms with Gasteiger partial charge in [-0.1, -0.05) is 6.92 Å². The quantitative estimate of drug-likeness (QED) is 0.576. The Kier molecular flexibility index (Phi) is 1.90. The van der Waals surface area contributed by atoms with Crippen LogP contribution in [0.2, 0.25) is 0 Å². The molecule has 1 heteroatoms. The third-order valence-electron chi connectivity index (χ3n) is 3.57. The lowest BCUT2D eigenvalue weighted by Crippen LogP contribution is -2.05. The molecule has 0 aromatic rings. The molecule has 0 heterocycles. The molecule has 11 heavy (non-hydrogen) atoms. The van der Waals surface area contributed by atoms with Crippen LogP contribution in [-0.4, -0.2) is 6.67 Å². The van der Waals surface area contributed by atoms with Crippen LogP contribution in [0.25, 0.3) is 0 Å². The number of alkyl halides is 1. The van der Waals surface area contributed by atoms with Crippen molar-refractivity contribution in [2.45, 2.75) is 32.6 Å². The zero-order valence-corrected chi connectivity index (χ0v) is 7.22. The summed E-state index contributed by atoms with van der Waals surface area (Å²) in [4.78, 5) is 0. The zero-order chi connectivity index (χ0) is 7.84. The number of hydrogen-bond donors (Lipinski definition) is 0. The minimum atomic E-state index is -0.0790. The van der Waals surface area contributed by atoms with E-state index in [9.17, 15) is 4.39 Å². The predicted molar refractivity (Wildman–Crippen MR) is 44.1 cm³/mol. The van der Waals surface area contributed by atoms with Crippen molar-refractivity contribution in [1.29, 1.82) is 0 Å². The Hall–Kier alpha value is -0.0700. The van der Waals surface area contributed by atoms with Gasteiger partial charge in [0.25, 0.3) is 0 Å². The summed E-state index contributed by atoms with van der Waals surface area (Å²) in [5.41, 5.74) is 0. The molecule has 0 saturated heterocycles. The van der Waals surface area contributed by atoms with Crippen molar-refractivity contribution >= 4 is 0 Å². The fraction of sp³-hybridized carbons (Fsp3) is 1.00. The molecule has 2 aliphatic carbocycles. The summed E-state index contributed by atoms with van der Waals surface area (Å²) in [7, 11) is 0. The van der Waals surface area contributed by atoms with E-state index in [4.69, 9.17) is 0 Å². The van der Waals surface area contributed by atoms with Crippen molar-refractivity contribution in [3.8, 4) is 0 Å². The van der Waals surface area contributed by atoms with E-state index in [-0.39, 0.29) is 6.67 Å². The summed E-state index contributed by atoms with van der Waals surface area (Å²) in [5, 5.41) is 0. The number of hydrogen-bond acceptors (Lipinski definition) is 0. The molecule has 0 radical (unpaired) electrons. The van der Waals surface area contributed by atoms with Crippen molar-refractivity contribution in [2.24, 2.45) is 23.7 Å². The summed E-state index contributed by atoms with van der Waals surface area (Å²) in [6, 6.07) is 0. The van der Waals surface area contributed by atoms with E-state index in [1.807, 2.05) is 0 Å². The highest BCUT2D eigenvalue weighted by Gasteiger charge is 2.39. The first-order chi connectivity index (χ1) is 5.31. The SMILES string of the molecule is CC1CC(C2CC2)CC1CF. The van der Waals surface area contributed by atoms with Crippen LogP contribution in [0, 0.1) is 23.7 Å². The van der Waals surface area contributed by atoms with E-state index >= 15 is 0 Å². The topological polar surface area (TPSA) is 0 Å². The summed E-state index contributed by atoms with van der Waals surface area (Å²) < 4.78 is 12.4. The average Bonchev–Trinajstić information content (AvgIpc) is 2.76. The van der Waals surface area contributed by atoms with Gasteiger partial charge < -0.3 is 0 Å². The van der Waals surface area contributed by atoms with Gasteiger partial charge in [0, 0.05) is 0 Å². The standard InChI is InChI=1S/C10H17F/c1-7-4-9(8-2-3-8)5-10(7)6-11/h7-10H,2-6H2,1H3. The molecular weight excluding hydrogens is 139 g/mol. The second kappa shape index (κ2) is 2.76. The monoisotopic (exact) mass is 156 g/mol. The molecule has 2 fully saturated rings. The summed E-state index contributed by atoms with van der Waals surface area (Å²) >= 11 is 0. The molecule has 0 aromatic carbocycles.